The molecule has 1 saturated heterocycles. The Labute approximate surface area is 262 Å². The van der Waals surface area contributed by atoms with Gasteiger partial charge in [-0.1, -0.05) is 18.9 Å². The standard InChI is InChI=1S/C32H31BrF3N7O/c1-4-20-14-22(16-38-27(20)8-9-28-26(5-2)41-30-25(33)17-37-18-29(30)40-28)31(44)39-23-7-6-21(24(15-23)32(34,35)36)19-43-12-10-42(3)11-13-43/h1,6-7,14-18H,5,8-13,19H2,2-3H3,(H,39,44). The van der Waals surface area contributed by atoms with Crippen LogP contribution < -0.4 is 5.32 Å². The molecule has 0 bridgehead atoms. The number of pyridine rings is 2. The molecule has 1 aliphatic heterocycles. The Morgan fingerprint density at radius 2 is 1.80 bits per heavy atom. The van der Waals surface area contributed by atoms with Crippen LogP contribution in [0.4, 0.5) is 18.9 Å². The van der Waals surface area contributed by atoms with Crippen LogP contribution in [0.1, 0.15) is 51.1 Å². The van der Waals surface area contributed by atoms with Crippen LogP contribution in [0, 0.1) is 12.3 Å². The lowest BCUT2D eigenvalue weighted by molar-refractivity contribution is -0.138. The third-order valence-electron chi connectivity index (χ3n) is 7.67. The number of benzene rings is 1. The highest BCUT2D eigenvalue weighted by atomic mass is 79.9. The average Bonchev–Trinajstić information content (AvgIpc) is 3.01. The summed E-state index contributed by atoms with van der Waals surface area (Å²) in [4.78, 5) is 35.3. The maximum atomic E-state index is 14.0. The molecular formula is C32H31BrF3N7O. The molecule has 3 aromatic heterocycles. The fourth-order valence-electron chi connectivity index (χ4n) is 5.19. The molecule has 44 heavy (non-hydrogen) atoms. The van der Waals surface area contributed by atoms with Crippen molar-refractivity contribution in [3.05, 3.63) is 86.7 Å². The van der Waals surface area contributed by atoms with E-state index in [4.69, 9.17) is 16.4 Å². The Kier molecular flexibility index (Phi) is 9.58. The fourth-order valence-corrected chi connectivity index (χ4v) is 5.60. The topological polar surface area (TPSA) is 87.1 Å². The minimum Gasteiger partial charge on any atom is -0.322 e. The van der Waals surface area contributed by atoms with Gasteiger partial charge in [0.25, 0.3) is 5.91 Å². The molecule has 12 heteroatoms. The number of aryl methyl sites for hydroxylation is 3. The summed E-state index contributed by atoms with van der Waals surface area (Å²) in [5.41, 5.74) is 3.70. The highest BCUT2D eigenvalue weighted by molar-refractivity contribution is 9.10. The van der Waals surface area contributed by atoms with Gasteiger partial charge in [0.1, 0.15) is 11.0 Å². The monoisotopic (exact) mass is 665 g/mol. The van der Waals surface area contributed by atoms with Crippen LogP contribution in [-0.4, -0.2) is 68.9 Å². The summed E-state index contributed by atoms with van der Waals surface area (Å²) >= 11 is 3.47. The summed E-state index contributed by atoms with van der Waals surface area (Å²) in [6.07, 6.45) is 7.58. The average molecular weight is 667 g/mol. The number of nitrogens with one attached hydrogen (secondary N) is 1. The molecule has 1 amide bonds. The number of piperazine rings is 1. The lowest BCUT2D eigenvalue weighted by Crippen LogP contribution is -2.44. The number of aromatic nitrogens is 4. The van der Waals surface area contributed by atoms with E-state index in [-0.39, 0.29) is 23.4 Å². The summed E-state index contributed by atoms with van der Waals surface area (Å²) in [5, 5.41) is 2.58. The Bertz CT molecular complexity index is 1730. The SMILES string of the molecule is C#Cc1cc(C(=O)Nc2ccc(CN3CCN(C)CC3)c(C(F)(F)F)c2)cnc1CCc1nc2cncc(Br)c2nc1CC. The maximum Gasteiger partial charge on any atom is 0.416 e. The first-order chi connectivity index (χ1) is 21.0. The van der Waals surface area contributed by atoms with Crippen LogP contribution in [0.2, 0.25) is 0 Å². The van der Waals surface area contributed by atoms with E-state index in [0.717, 1.165) is 40.5 Å². The Balaban J connectivity index is 1.30. The molecule has 1 aromatic carbocycles. The fraction of sp³-hybridized carbons (Fsp3) is 0.344. The molecule has 0 unspecified atom stereocenters. The van der Waals surface area contributed by atoms with Crippen LogP contribution in [0.15, 0.2) is 47.3 Å². The lowest BCUT2D eigenvalue weighted by atomic mass is 10.0. The number of carbonyl (C=O) groups is 1. The van der Waals surface area contributed by atoms with Gasteiger partial charge in [0, 0.05) is 56.4 Å². The zero-order valence-corrected chi connectivity index (χ0v) is 26.0. The largest absolute Gasteiger partial charge is 0.416 e. The molecule has 0 aliphatic carbocycles. The van der Waals surface area contributed by atoms with Gasteiger partial charge in [0.05, 0.1) is 38.9 Å². The maximum absolute atomic E-state index is 14.0. The predicted molar refractivity (Wildman–Crippen MR) is 166 cm³/mol. The van der Waals surface area contributed by atoms with E-state index in [2.05, 4.69) is 42.0 Å². The number of terminal acetylenes is 1. The van der Waals surface area contributed by atoms with Crippen molar-refractivity contribution in [3.63, 3.8) is 0 Å². The molecule has 0 radical (unpaired) electrons. The van der Waals surface area contributed by atoms with Crippen molar-refractivity contribution in [1.29, 1.82) is 0 Å². The van der Waals surface area contributed by atoms with Gasteiger partial charge >= 0.3 is 6.18 Å². The number of fused-ring (bicyclic) bond motifs is 1. The lowest BCUT2D eigenvalue weighted by Gasteiger charge is -2.33. The number of halogens is 4. The van der Waals surface area contributed by atoms with E-state index in [1.807, 2.05) is 18.9 Å². The van der Waals surface area contributed by atoms with Gasteiger partial charge in [-0.25, -0.2) is 9.97 Å². The van der Waals surface area contributed by atoms with Crippen molar-refractivity contribution in [1.82, 2.24) is 29.7 Å². The number of amides is 1. The predicted octanol–water partition coefficient (Wildman–Crippen LogP) is 5.53. The van der Waals surface area contributed by atoms with Gasteiger partial charge in [-0.15, -0.1) is 6.42 Å². The van der Waals surface area contributed by atoms with Crippen LogP contribution in [0.3, 0.4) is 0 Å². The van der Waals surface area contributed by atoms with Gasteiger partial charge in [-0.05, 0) is 66.0 Å². The number of anilines is 1. The third-order valence-corrected chi connectivity index (χ3v) is 8.25. The van der Waals surface area contributed by atoms with E-state index in [9.17, 15) is 18.0 Å². The molecule has 5 rings (SSSR count). The Morgan fingerprint density at radius 1 is 1.05 bits per heavy atom. The van der Waals surface area contributed by atoms with Crippen molar-refractivity contribution >= 4 is 38.6 Å². The zero-order valence-electron chi connectivity index (χ0n) is 24.4. The molecule has 4 aromatic rings. The molecule has 1 fully saturated rings. The molecule has 1 aliphatic rings. The zero-order chi connectivity index (χ0) is 31.4. The van der Waals surface area contributed by atoms with Crippen molar-refractivity contribution in [2.75, 3.05) is 38.5 Å². The van der Waals surface area contributed by atoms with E-state index in [1.54, 1.807) is 12.4 Å². The molecule has 4 heterocycles. The number of likely N-dealkylation sites (N-methyl/N-ethyl adjacent to an activating group) is 1. The first-order valence-electron chi connectivity index (χ1n) is 14.2. The smallest absolute Gasteiger partial charge is 0.322 e. The second-order valence-corrected chi connectivity index (χ2v) is 11.6. The van der Waals surface area contributed by atoms with Gasteiger partial charge in [0.2, 0.25) is 0 Å². The van der Waals surface area contributed by atoms with Crippen LogP contribution in [-0.2, 0) is 32.0 Å². The van der Waals surface area contributed by atoms with Gasteiger partial charge in [-0.2, -0.15) is 13.2 Å². The molecule has 0 atom stereocenters. The number of hydrogen-bond donors (Lipinski definition) is 1. The molecular weight excluding hydrogens is 635 g/mol. The molecule has 1 N–H and O–H groups in total. The molecule has 0 saturated carbocycles. The number of alkyl halides is 3. The quantitative estimate of drug-likeness (QED) is 0.248. The minimum atomic E-state index is -4.57. The van der Waals surface area contributed by atoms with E-state index in [1.165, 1.54) is 24.4 Å². The normalized spacial score (nSPS) is 14.5. The van der Waals surface area contributed by atoms with Crippen molar-refractivity contribution in [2.24, 2.45) is 0 Å². The first kappa shape index (κ1) is 31.5. The van der Waals surface area contributed by atoms with E-state index < -0.39 is 17.6 Å². The third kappa shape index (κ3) is 7.23. The van der Waals surface area contributed by atoms with Crippen molar-refractivity contribution in [2.45, 2.75) is 38.9 Å². The van der Waals surface area contributed by atoms with E-state index in [0.29, 0.717) is 49.1 Å². The molecule has 228 valence electrons. The number of carbonyl (C=O) groups excluding carboxylic acids is 1. The Hall–Kier alpha value is -3.92. The molecule has 8 nitrogen and oxygen atoms in total. The minimum absolute atomic E-state index is 0.0406. The highest BCUT2D eigenvalue weighted by Gasteiger charge is 2.34. The van der Waals surface area contributed by atoms with E-state index >= 15 is 0 Å². The van der Waals surface area contributed by atoms with Gasteiger partial charge in [-0.3, -0.25) is 19.7 Å². The van der Waals surface area contributed by atoms with Crippen LogP contribution in [0.5, 0.6) is 0 Å². The number of rotatable bonds is 8. The first-order valence-corrected chi connectivity index (χ1v) is 15.0. The van der Waals surface area contributed by atoms with Crippen LogP contribution >= 0.6 is 15.9 Å². The second kappa shape index (κ2) is 13.4. The van der Waals surface area contributed by atoms with Crippen molar-refractivity contribution < 1.29 is 18.0 Å². The number of nitrogens with zero attached hydrogens (tertiary/aromatic N) is 6. The van der Waals surface area contributed by atoms with Gasteiger partial charge in [0.15, 0.2) is 0 Å². The highest BCUT2D eigenvalue weighted by Crippen LogP contribution is 2.35. The number of hydrogen-bond acceptors (Lipinski definition) is 7. The summed E-state index contributed by atoms with van der Waals surface area (Å²) in [6.45, 7) is 5.18. The Morgan fingerprint density at radius 3 is 2.50 bits per heavy atom. The summed E-state index contributed by atoms with van der Waals surface area (Å²) in [5.74, 6) is 1.98. The van der Waals surface area contributed by atoms with Gasteiger partial charge < -0.3 is 10.2 Å². The van der Waals surface area contributed by atoms with Crippen LogP contribution in [0.25, 0.3) is 11.0 Å². The molecule has 0 spiro atoms. The van der Waals surface area contributed by atoms with Crippen molar-refractivity contribution in [3.8, 4) is 12.3 Å². The summed E-state index contributed by atoms with van der Waals surface area (Å²) in [6, 6.07) is 5.43. The second-order valence-electron chi connectivity index (χ2n) is 10.7. The summed E-state index contributed by atoms with van der Waals surface area (Å²) < 4.78 is 42.8. The summed E-state index contributed by atoms with van der Waals surface area (Å²) in [7, 11) is 1.99.